The first-order valence-electron chi connectivity index (χ1n) is 46.4. The Morgan fingerprint density at radius 3 is 0.763 bits per heavy atom. The van der Waals surface area contributed by atoms with Gasteiger partial charge in [0.1, 0.15) is 139 Å². The molecule has 0 saturated carbocycles. The molecule has 0 radical (unpaired) electrons. The lowest BCUT2D eigenvalue weighted by atomic mass is 9.91. The predicted molar refractivity (Wildman–Crippen MR) is 490 cm³/mol. The molecule has 0 aliphatic carbocycles. The molecule has 0 saturated heterocycles. The van der Waals surface area contributed by atoms with Crippen LogP contribution >= 0.6 is 0 Å². The number of hydrogen-bond acceptors (Lipinski definition) is 32. The summed E-state index contributed by atoms with van der Waals surface area (Å²) >= 11 is 0. The van der Waals surface area contributed by atoms with Crippen molar-refractivity contribution in [1.82, 2.24) is 0 Å². The number of Topliss-reactive ketones (excluding diaryl/α,β-unsaturated/α-hetero) is 25. The fourth-order valence-corrected chi connectivity index (χ4v) is 11.7. The maximum Gasteiger partial charge on any atom is 0.305 e. The Kier molecular flexibility index (Phi) is 90.4. The fourth-order valence-electron chi connectivity index (χ4n) is 11.7. The molecule has 32 nitrogen and oxygen atoms in total. The molecule has 0 fully saturated rings. The first kappa shape index (κ1) is 135. The lowest BCUT2D eigenvalue weighted by molar-refractivity contribution is -0.149. The topological polar surface area (TPSA) is 554 Å². The third-order valence-electron chi connectivity index (χ3n) is 19.3. The predicted octanol–water partition coefficient (Wildman–Crippen LogP) is 13.3. The van der Waals surface area contributed by atoms with Crippen LogP contribution in [0.1, 0.15) is 432 Å². The van der Waals surface area contributed by atoms with Gasteiger partial charge in [0.05, 0.1) is 62.6 Å². The van der Waals surface area contributed by atoms with Crippen molar-refractivity contribution in [3.8, 4) is 0 Å². The third kappa shape index (κ3) is 110. The van der Waals surface area contributed by atoms with Gasteiger partial charge < -0.3 is 44.7 Å². The van der Waals surface area contributed by atoms with Crippen LogP contribution < -0.4 is 0 Å². The highest BCUT2D eigenvalue weighted by Crippen LogP contribution is 2.20. The average Bonchev–Trinajstić information content (AvgIpc) is 0.946. The quantitative estimate of drug-likeness (QED) is 0.0163. The van der Waals surface area contributed by atoms with Crippen molar-refractivity contribution >= 4 is 151 Å². The molecule has 6 atom stereocenters. The molecule has 0 aromatic carbocycles. The summed E-state index contributed by atoms with van der Waals surface area (Å²) in [6, 6.07) is 0. The molecule has 0 rings (SSSR count). The van der Waals surface area contributed by atoms with Gasteiger partial charge in [-0.05, 0) is 166 Å². The Bertz CT molecular complexity index is 3550. The van der Waals surface area contributed by atoms with Gasteiger partial charge in [0.2, 0.25) is 0 Å². The summed E-state index contributed by atoms with van der Waals surface area (Å²) in [5, 5.41) is 45.8. The highest BCUT2D eigenvalue weighted by Gasteiger charge is 2.21. The molecule has 748 valence electrons. The number of ketones is 25. The van der Waals surface area contributed by atoms with Gasteiger partial charge in [-0.25, -0.2) is 0 Å². The summed E-state index contributed by atoms with van der Waals surface area (Å²) < 4.78 is 5.23. The van der Waals surface area contributed by atoms with Gasteiger partial charge in [0.25, 0.3) is 0 Å². The van der Waals surface area contributed by atoms with Crippen molar-refractivity contribution in [3.63, 3.8) is 0 Å². The molecule has 0 aliphatic heterocycles. The molecular weight excluding hydrogens is 1700 g/mol. The Morgan fingerprint density at radius 2 is 0.496 bits per heavy atom. The van der Waals surface area contributed by atoms with E-state index in [-0.39, 0.29) is 343 Å². The van der Waals surface area contributed by atoms with Crippen molar-refractivity contribution in [2.45, 2.75) is 468 Å². The van der Waals surface area contributed by atoms with Crippen LogP contribution in [-0.4, -0.2) is 213 Å². The summed E-state index contributed by atoms with van der Waals surface area (Å²) in [5.41, 5.74) is 0. The molecule has 0 aliphatic rings. The number of aliphatic hydroxyl groups is 5. The van der Waals surface area contributed by atoms with E-state index in [0.717, 1.165) is 25.7 Å². The van der Waals surface area contributed by atoms with E-state index in [9.17, 15) is 135 Å². The zero-order valence-electron chi connectivity index (χ0n) is 81.7. The van der Waals surface area contributed by atoms with Crippen LogP contribution in [0, 0.1) is 5.92 Å². The minimum absolute atomic E-state index is 0.00494. The maximum atomic E-state index is 11.7. The van der Waals surface area contributed by atoms with E-state index in [1.165, 1.54) is 62.3 Å². The molecule has 5 N–H and O–H groups in total. The summed E-state index contributed by atoms with van der Waals surface area (Å²) in [6.45, 7) is 24.8. The summed E-state index contributed by atoms with van der Waals surface area (Å²) in [4.78, 5) is 290. The standard InChI is InChI=1S/C16H24O5.C16H26O5.C15H24O5.C13H20O5.3C13H22O4/c1-11(17)8-14(9-12(2)18)4-5-15(20)6-7-16(21)10-13(3)19;1-4-15(21-16(20)5-2)8-6-7-13(18)9-10-14(19)11-12(3)17;1-11(16)3-5-13(18)7-9-15(20)10-8-14(19)6-4-12(2)17;1-9(14)3-4-11(16)5-6-12(17)7-8-13(18)10(2)15;1-10(14)5-3-4-6-12(16)7-8-13(17)9-11(2)15;1-3-11(15)5-4-6-12(16)7-8-13(17)9-10(2)14;1-3-4-11(15)5-6-12(16)7-8-13(17)9-10(2)14/h14H,4-10H2,1-3H3;15H,4-11H2,1-3H3;11,16H,3-10H2,1-2H3;9,14H,3-8H2,1-2H3;10,14H,3-9H2,1-2H3;2*11,15H,3-9H2,1-2H3. The first-order chi connectivity index (χ1) is 61.0. The molecule has 0 spiro atoms. The Morgan fingerprint density at radius 1 is 0.229 bits per heavy atom. The van der Waals surface area contributed by atoms with E-state index in [0.29, 0.717) is 116 Å². The van der Waals surface area contributed by atoms with Crippen LogP contribution in [0.3, 0.4) is 0 Å². The van der Waals surface area contributed by atoms with Gasteiger partial charge in [-0.1, -0.05) is 40.5 Å². The van der Waals surface area contributed by atoms with E-state index >= 15 is 0 Å². The zero-order valence-corrected chi connectivity index (χ0v) is 81.7. The molecule has 32 heteroatoms. The number of carbonyl (C=O) groups is 26. The monoisotopic (exact) mass is 1860 g/mol. The van der Waals surface area contributed by atoms with E-state index in [4.69, 9.17) is 20.1 Å². The second kappa shape index (κ2) is 87.7. The number of aliphatic hydroxyl groups excluding tert-OH is 5. The second-order valence-electron chi connectivity index (χ2n) is 33.9. The second-order valence-corrected chi connectivity index (χ2v) is 33.9. The van der Waals surface area contributed by atoms with Crippen LogP contribution in [0.25, 0.3) is 0 Å². The molecule has 0 heterocycles. The number of carbonyl (C=O) groups excluding carboxylic acids is 26. The van der Waals surface area contributed by atoms with E-state index in [1.807, 2.05) is 20.8 Å². The molecule has 0 aromatic rings. The third-order valence-corrected chi connectivity index (χ3v) is 19.3. The highest BCUT2D eigenvalue weighted by molar-refractivity contribution is 6.36. The SMILES string of the molecule is CC(=O)C(=O)CCC(=O)CCC(=O)CCC(C)O.CC(=O)CC(=O)CCC(=O)CCC(CC(C)=O)CC(C)=O.CC(=O)CC(=O)CCC(=O)CCCCC(C)O.CC(=O)CCC(=O)CCC(=O)CCC(=O)CCC(C)O.CCC(=O)OC(CC)CCCC(=O)CCC(=O)CC(C)=O.CCC(O)CCCC(=O)CCC(=O)CC(C)=O.CCCC(O)CCC(=O)CCC(=O)CC(C)=O. The van der Waals surface area contributed by atoms with Crippen molar-refractivity contribution in [1.29, 1.82) is 0 Å². The number of unbranched alkanes of at least 4 members (excludes halogenated alkanes) is 1. The number of rotatable bonds is 76. The maximum absolute atomic E-state index is 11.7. The normalized spacial score (nSPS) is 11.8. The van der Waals surface area contributed by atoms with Gasteiger partial charge in [0, 0.05) is 200 Å². The fraction of sp³-hybridized carbons (Fsp3) is 0.737. The molecular formula is C99H160O32. The lowest BCUT2D eigenvalue weighted by Gasteiger charge is -2.15. The summed E-state index contributed by atoms with van der Waals surface area (Å²) in [5.74, 6) is -3.65. The van der Waals surface area contributed by atoms with Gasteiger partial charge in [-0.15, -0.1) is 0 Å². The van der Waals surface area contributed by atoms with Crippen molar-refractivity contribution in [2.75, 3.05) is 0 Å². The Hall–Kier alpha value is -8.98. The van der Waals surface area contributed by atoms with E-state index in [2.05, 4.69) is 0 Å². The van der Waals surface area contributed by atoms with Gasteiger partial charge in [-0.3, -0.25) is 110 Å². The average molecular weight is 1860 g/mol. The van der Waals surface area contributed by atoms with Gasteiger partial charge in [0.15, 0.2) is 11.6 Å². The Balaban J connectivity index is -0.000000274. The Labute approximate surface area is 776 Å². The minimum atomic E-state index is -0.552. The van der Waals surface area contributed by atoms with Crippen molar-refractivity contribution < 1.29 is 155 Å². The minimum Gasteiger partial charge on any atom is -0.462 e. The van der Waals surface area contributed by atoms with Crippen molar-refractivity contribution in [3.05, 3.63) is 0 Å². The zero-order chi connectivity index (χ0) is 102. The van der Waals surface area contributed by atoms with E-state index in [1.54, 1.807) is 27.7 Å². The largest absolute Gasteiger partial charge is 0.462 e. The molecule has 131 heavy (non-hydrogen) atoms. The first-order valence-corrected chi connectivity index (χ1v) is 46.4. The van der Waals surface area contributed by atoms with Crippen LogP contribution in [0.4, 0.5) is 0 Å². The van der Waals surface area contributed by atoms with Crippen LogP contribution in [0.15, 0.2) is 0 Å². The molecule has 0 aromatic heterocycles. The van der Waals surface area contributed by atoms with Crippen LogP contribution in [0.5, 0.6) is 0 Å². The summed E-state index contributed by atoms with van der Waals surface area (Å²) in [7, 11) is 0. The van der Waals surface area contributed by atoms with Crippen LogP contribution in [0.2, 0.25) is 0 Å². The lowest BCUT2D eigenvalue weighted by Crippen LogP contribution is -2.17. The van der Waals surface area contributed by atoms with Gasteiger partial charge in [-0.2, -0.15) is 0 Å². The number of esters is 1. The number of hydrogen-bond donors (Lipinski definition) is 5. The van der Waals surface area contributed by atoms with Gasteiger partial charge >= 0.3 is 5.97 Å². The van der Waals surface area contributed by atoms with E-state index < -0.39 is 29.9 Å². The smallest absolute Gasteiger partial charge is 0.305 e. The van der Waals surface area contributed by atoms with Crippen LogP contribution in [-0.2, 0) is 129 Å². The molecule has 6 unspecified atom stereocenters. The molecule has 0 amide bonds. The summed E-state index contributed by atoms with van der Waals surface area (Å²) in [6.07, 6.45) is 13.2. The highest BCUT2D eigenvalue weighted by atomic mass is 16.5. The van der Waals surface area contributed by atoms with Crippen molar-refractivity contribution in [2.24, 2.45) is 5.92 Å². The number of ether oxygens (including phenoxy) is 1. The molecule has 0 bridgehead atoms.